The van der Waals surface area contributed by atoms with Gasteiger partial charge in [-0.25, -0.2) is 9.59 Å². The van der Waals surface area contributed by atoms with E-state index in [2.05, 4.69) is 53.5 Å². The van der Waals surface area contributed by atoms with Crippen molar-refractivity contribution in [2.24, 2.45) is 0 Å². The quantitative estimate of drug-likeness (QED) is 0.434. The third-order valence-electron chi connectivity index (χ3n) is 9.68. The van der Waals surface area contributed by atoms with Gasteiger partial charge in [0.05, 0.1) is 0 Å². The highest BCUT2D eigenvalue weighted by molar-refractivity contribution is 9.13. The number of carbonyl (C=O) groups excluding carboxylic acids is 3. The van der Waals surface area contributed by atoms with Crippen molar-refractivity contribution in [3.63, 3.8) is 0 Å². The minimum Gasteiger partial charge on any atom is -0.436 e. The molecule has 1 atom stereocenters. The van der Waals surface area contributed by atoms with Crippen LogP contribution in [0.2, 0.25) is 0 Å². The number of hydrogen-bond donors (Lipinski definition) is 2. The first-order valence-corrected chi connectivity index (χ1v) is 17.7. The van der Waals surface area contributed by atoms with E-state index >= 15 is 0 Å². The fraction of sp³-hybridized carbons (Fsp3) is 0.545. The standard InChI is InChI=1S/C33H42Br2N6O4.H2/c34-27-6-5-23(21-28(27)35)22-30(31(42)39-19-17-38(18-20-39)25-7-12-36-13-8-25)45-33(44)40-14-10-26(11-15-40)41-16-9-24-3-1-2-4-29(24)37-32(41)43;/h1-6,21,25-26,30,36H,7-20,22H2,(H,37,43);1H/t30-;/m1./s1. The number of anilines is 1. The Balaban J connectivity index is 0.00000417. The monoisotopic (exact) mass is 746 g/mol. The van der Waals surface area contributed by atoms with E-state index in [1.165, 1.54) is 0 Å². The molecular weight excluding hydrogens is 704 g/mol. The average molecular weight is 749 g/mol. The molecule has 244 valence electrons. The molecule has 10 nitrogen and oxygen atoms in total. The number of carbonyl (C=O) groups is 3. The lowest BCUT2D eigenvalue weighted by Gasteiger charge is -2.41. The van der Waals surface area contributed by atoms with Gasteiger partial charge in [-0.3, -0.25) is 9.69 Å². The number of nitrogens with one attached hydrogen (secondary N) is 2. The van der Waals surface area contributed by atoms with Gasteiger partial charge in [0.15, 0.2) is 6.10 Å². The molecular formula is C33H44Br2N6O4. The van der Waals surface area contributed by atoms with Crippen LogP contribution >= 0.6 is 31.9 Å². The molecule has 2 aromatic carbocycles. The summed E-state index contributed by atoms with van der Waals surface area (Å²) in [5, 5.41) is 6.48. The number of hydrogen-bond acceptors (Lipinski definition) is 6. The van der Waals surface area contributed by atoms with Crippen LogP contribution in [0.15, 0.2) is 51.4 Å². The van der Waals surface area contributed by atoms with Crippen molar-refractivity contribution in [3.8, 4) is 0 Å². The molecule has 4 aliphatic heterocycles. The number of fused-ring (bicyclic) bond motifs is 1. The molecule has 45 heavy (non-hydrogen) atoms. The third kappa shape index (κ3) is 7.84. The summed E-state index contributed by atoms with van der Waals surface area (Å²) in [6.45, 7) is 6.61. The number of halogens is 2. The zero-order valence-corrected chi connectivity index (χ0v) is 28.7. The average Bonchev–Trinajstić information content (AvgIpc) is 3.24. The number of piperazine rings is 1. The molecule has 4 amide bonds. The van der Waals surface area contributed by atoms with Gasteiger partial charge >= 0.3 is 12.1 Å². The van der Waals surface area contributed by atoms with Crippen LogP contribution in [0.3, 0.4) is 0 Å². The first-order valence-electron chi connectivity index (χ1n) is 16.1. The highest BCUT2D eigenvalue weighted by Crippen LogP contribution is 2.27. The minimum absolute atomic E-state index is 0. The molecule has 12 heteroatoms. The summed E-state index contributed by atoms with van der Waals surface area (Å²) in [4.78, 5) is 48.4. The molecule has 0 saturated carbocycles. The molecule has 2 N–H and O–H groups in total. The summed E-state index contributed by atoms with van der Waals surface area (Å²) in [5.74, 6) is -0.136. The van der Waals surface area contributed by atoms with Crippen LogP contribution in [0.1, 0.15) is 38.2 Å². The van der Waals surface area contributed by atoms with Gasteiger partial charge in [-0.15, -0.1) is 0 Å². The molecule has 0 spiro atoms. The van der Waals surface area contributed by atoms with Gasteiger partial charge in [0.2, 0.25) is 0 Å². The molecule has 4 aliphatic rings. The van der Waals surface area contributed by atoms with Gasteiger partial charge in [-0.1, -0.05) is 24.3 Å². The number of nitrogens with zero attached hydrogens (tertiary/aromatic N) is 4. The van der Waals surface area contributed by atoms with Crippen LogP contribution < -0.4 is 10.6 Å². The molecule has 0 aliphatic carbocycles. The Kier molecular flexibility index (Phi) is 10.6. The molecule has 4 heterocycles. The van der Waals surface area contributed by atoms with Crippen LogP contribution in [0.4, 0.5) is 15.3 Å². The fourth-order valence-corrected chi connectivity index (χ4v) is 7.71. The lowest BCUT2D eigenvalue weighted by molar-refractivity contribution is -0.143. The van der Waals surface area contributed by atoms with Crippen LogP contribution in [0.25, 0.3) is 0 Å². The number of ether oxygens (including phenoxy) is 1. The van der Waals surface area contributed by atoms with Crippen molar-refractivity contribution < 1.29 is 20.5 Å². The van der Waals surface area contributed by atoms with Crippen LogP contribution in [0, 0.1) is 0 Å². The lowest BCUT2D eigenvalue weighted by atomic mass is 10.0. The molecule has 6 rings (SSSR count). The number of benzene rings is 2. The van der Waals surface area contributed by atoms with E-state index in [-0.39, 0.29) is 19.4 Å². The number of amides is 4. The predicted molar refractivity (Wildman–Crippen MR) is 182 cm³/mol. The maximum Gasteiger partial charge on any atom is 0.410 e. The number of urea groups is 1. The second-order valence-corrected chi connectivity index (χ2v) is 14.1. The maximum atomic E-state index is 13.9. The summed E-state index contributed by atoms with van der Waals surface area (Å²) in [6, 6.07) is 14.3. The van der Waals surface area contributed by atoms with Crippen LogP contribution in [-0.4, -0.2) is 115 Å². The second-order valence-electron chi connectivity index (χ2n) is 12.4. The Morgan fingerprint density at radius 2 is 1.60 bits per heavy atom. The van der Waals surface area contributed by atoms with Crippen molar-refractivity contribution >= 4 is 55.6 Å². The molecule has 0 radical (unpaired) electrons. The molecule has 0 aromatic heterocycles. The largest absolute Gasteiger partial charge is 0.436 e. The lowest BCUT2D eigenvalue weighted by Crippen LogP contribution is -2.56. The highest BCUT2D eigenvalue weighted by Gasteiger charge is 2.36. The molecule has 2 aromatic rings. The Morgan fingerprint density at radius 3 is 2.33 bits per heavy atom. The van der Waals surface area contributed by atoms with Crippen molar-refractivity contribution in [2.45, 2.75) is 56.7 Å². The van der Waals surface area contributed by atoms with E-state index in [1.807, 2.05) is 46.2 Å². The summed E-state index contributed by atoms with van der Waals surface area (Å²) in [5.41, 5.74) is 2.92. The maximum absolute atomic E-state index is 13.9. The summed E-state index contributed by atoms with van der Waals surface area (Å²) in [6.07, 6.45) is 3.31. The van der Waals surface area contributed by atoms with Crippen molar-refractivity contribution in [1.29, 1.82) is 0 Å². The topological polar surface area (TPSA) is 97.5 Å². The van der Waals surface area contributed by atoms with Gasteiger partial charge in [-0.05, 0) is 106 Å². The van der Waals surface area contributed by atoms with E-state index < -0.39 is 12.2 Å². The van der Waals surface area contributed by atoms with Gasteiger partial charge < -0.3 is 30.1 Å². The first-order chi connectivity index (χ1) is 21.9. The van der Waals surface area contributed by atoms with Crippen LogP contribution in [0.5, 0.6) is 0 Å². The third-order valence-corrected chi connectivity index (χ3v) is 11.6. The van der Waals surface area contributed by atoms with Gasteiger partial charge in [-0.2, -0.15) is 0 Å². The van der Waals surface area contributed by atoms with Gasteiger partial charge in [0.25, 0.3) is 5.91 Å². The number of rotatable bonds is 6. The SMILES string of the molecule is O=C(O[C@H](Cc1ccc(Br)c(Br)c1)C(=O)N1CCN(C2CCNCC2)CC1)N1CCC(N2CCc3ccccc3NC2=O)CC1.[HH]. The molecule has 3 fully saturated rings. The number of piperidine rings is 2. The Hall–Kier alpha value is -2.67. The predicted octanol–water partition coefficient (Wildman–Crippen LogP) is 4.96. The Bertz CT molecular complexity index is 1380. The zero-order valence-electron chi connectivity index (χ0n) is 25.6. The van der Waals surface area contributed by atoms with Crippen molar-refractivity contribution in [3.05, 3.63) is 62.5 Å². The summed E-state index contributed by atoms with van der Waals surface area (Å²) >= 11 is 7.08. The van der Waals surface area contributed by atoms with E-state index in [1.54, 1.807) is 4.90 Å². The van der Waals surface area contributed by atoms with Crippen molar-refractivity contribution in [1.82, 2.24) is 24.9 Å². The first kappa shape index (κ1) is 32.3. The summed E-state index contributed by atoms with van der Waals surface area (Å²) in [7, 11) is 0. The smallest absolute Gasteiger partial charge is 0.410 e. The van der Waals surface area contributed by atoms with Crippen molar-refractivity contribution in [2.75, 3.05) is 64.2 Å². The molecule has 3 saturated heterocycles. The second kappa shape index (κ2) is 14.8. The van der Waals surface area contributed by atoms with Gasteiger partial charge in [0.1, 0.15) is 0 Å². The van der Waals surface area contributed by atoms with Crippen LogP contribution in [-0.2, 0) is 22.4 Å². The normalized spacial score (nSPS) is 21.1. The molecule has 0 unspecified atom stereocenters. The Labute approximate surface area is 283 Å². The molecule has 0 bridgehead atoms. The van der Waals surface area contributed by atoms with E-state index in [0.717, 1.165) is 71.2 Å². The van der Waals surface area contributed by atoms with Gasteiger partial charge in [0, 0.05) is 80.4 Å². The highest BCUT2D eigenvalue weighted by atomic mass is 79.9. The number of likely N-dealkylation sites (tertiary alicyclic amines) is 1. The van der Waals surface area contributed by atoms with E-state index in [9.17, 15) is 14.4 Å². The van der Waals surface area contributed by atoms with E-state index in [0.29, 0.717) is 58.0 Å². The zero-order chi connectivity index (χ0) is 31.3. The van der Waals surface area contributed by atoms with E-state index in [4.69, 9.17) is 4.74 Å². The minimum atomic E-state index is -0.913. The fourth-order valence-electron chi connectivity index (χ4n) is 7.04. The number of para-hydroxylation sites is 1. The summed E-state index contributed by atoms with van der Waals surface area (Å²) < 4.78 is 7.85. The Morgan fingerprint density at radius 1 is 0.867 bits per heavy atom.